The zero-order valence-corrected chi connectivity index (χ0v) is 14.6. The Hall–Kier alpha value is -2.10. The number of carbonyl (C=O) groups is 2. The molecule has 4 heteroatoms. The molecule has 4 nitrogen and oxygen atoms in total. The van der Waals surface area contributed by atoms with E-state index in [1.807, 2.05) is 19.1 Å². The third-order valence-electron chi connectivity index (χ3n) is 3.65. The van der Waals surface area contributed by atoms with Gasteiger partial charge in [-0.3, -0.25) is 4.79 Å². The lowest BCUT2D eigenvalue weighted by atomic mass is 9.95. The molecular formula is C19H26O4. The van der Waals surface area contributed by atoms with Crippen LogP contribution in [-0.4, -0.2) is 26.0 Å². The molecule has 0 aliphatic rings. The maximum Gasteiger partial charge on any atom is 0.341 e. The van der Waals surface area contributed by atoms with Gasteiger partial charge in [0.05, 0.1) is 14.2 Å². The highest BCUT2D eigenvalue weighted by atomic mass is 16.5. The maximum atomic E-state index is 12.3. The summed E-state index contributed by atoms with van der Waals surface area (Å²) in [6, 6.07) is 5.30. The molecule has 0 atom stereocenters. The number of Topliss-reactive ketones (excluding diaryl/α,β-unsaturated/α-hetero) is 1. The van der Waals surface area contributed by atoms with E-state index in [1.165, 1.54) is 14.2 Å². The Balaban J connectivity index is 2.78. The first-order chi connectivity index (χ1) is 10.9. The zero-order chi connectivity index (χ0) is 17.4. The third kappa shape index (κ3) is 5.55. The Labute approximate surface area is 138 Å². The molecule has 0 bridgehead atoms. The van der Waals surface area contributed by atoms with Crippen molar-refractivity contribution in [2.24, 2.45) is 5.92 Å². The highest BCUT2D eigenvalue weighted by Gasteiger charge is 2.14. The van der Waals surface area contributed by atoms with E-state index >= 15 is 0 Å². The average Bonchev–Trinajstić information content (AvgIpc) is 2.56. The summed E-state index contributed by atoms with van der Waals surface area (Å²) >= 11 is 0. The molecule has 0 N–H and O–H groups in total. The molecule has 126 valence electrons. The lowest BCUT2D eigenvalue weighted by Crippen LogP contribution is -2.08. The summed E-state index contributed by atoms with van der Waals surface area (Å²) in [5, 5.41) is 0. The standard InChI is InChI=1S/C19H26O4/c1-6-15(11-13(2)3)17(20)10-8-14-7-9-16(19(21)23-5)18(12-14)22-4/h6-7,9,12-13H,8,10-11H2,1-5H3/b15-6-. The van der Waals surface area contributed by atoms with Crippen molar-refractivity contribution < 1.29 is 19.1 Å². The molecule has 0 heterocycles. The zero-order valence-electron chi connectivity index (χ0n) is 14.6. The van der Waals surface area contributed by atoms with E-state index in [-0.39, 0.29) is 5.78 Å². The summed E-state index contributed by atoms with van der Waals surface area (Å²) in [6.07, 6.45) is 3.78. The second-order valence-corrected chi connectivity index (χ2v) is 5.86. The molecule has 0 fully saturated rings. The Kier molecular flexibility index (Phi) is 7.52. The van der Waals surface area contributed by atoms with Crippen LogP contribution in [0.3, 0.4) is 0 Å². The minimum atomic E-state index is -0.433. The highest BCUT2D eigenvalue weighted by molar-refractivity contribution is 5.95. The number of aryl methyl sites for hydroxylation is 1. The lowest BCUT2D eigenvalue weighted by molar-refractivity contribution is -0.115. The number of benzene rings is 1. The summed E-state index contributed by atoms with van der Waals surface area (Å²) in [4.78, 5) is 23.9. The number of esters is 1. The van der Waals surface area contributed by atoms with Crippen molar-refractivity contribution in [3.63, 3.8) is 0 Å². The molecule has 0 aliphatic carbocycles. The number of hydrogen-bond donors (Lipinski definition) is 0. The summed E-state index contributed by atoms with van der Waals surface area (Å²) in [6.45, 7) is 6.12. The number of rotatable bonds is 8. The Bertz CT molecular complexity index is 585. The van der Waals surface area contributed by atoms with Gasteiger partial charge in [0.15, 0.2) is 5.78 Å². The van der Waals surface area contributed by atoms with E-state index in [0.717, 1.165) is 17.6 Å². The fourth-order valence-corrected chi connectivity index (χ4v) is 2.42. The number of hydrogen-bond acceptors (Lipinski definition) is 4. The normalized spacial score (nSPS) is 11.5. The smallest absolute Gasteiger partial charge is 0.341 e. The molecular weight excluding hydrogens is 292 g/mol. The van der Waals surface area contributed by atoms with Gasteiger partial charge in [-0.2, -0.15) is 0 Å². The van der Waals surface area contributed by atoms with Gasteiger partial charge < -0.3 is 9.47 Å². The maximum absolute atomic E-state index is 12.3. The SMILES string of the molecule is C/C=C(/CC(C)C)C(=O)CCc1ccc(C(=O)OC)c(OC)c1. The van der Waals surface area contributed by atoms with Crippen LogP contribution >= 0.6 is 0 Å². The van der Waals surface area contributed by atoms with E-state index in [1.54, 1.807) is 12.1 Å². The summed E-state index contributed by atoms with van der Waals surface area (Å²) < 4.78 is 9.96. The van der Waals surface area contributed by atoms with E-state index in [4.69, 9.17) is 9.47 Å². The average molecular weight is 318 g/mol. The minimum Gasteiger partial charge on any atom is -0.496 e. The monoisotopic (exact) mass is 318 g/mol. The molecule has 1 aromatic carbocycles. The first-order valence-corrected chi connectivity index (χ1v) is 7.86. The molecule has 1 rings (SSSR count). The number of ketones is 1. The van der Waals surface area contributed by atoms with Gasteiger partial charge in [-0.1, -0.05) is 26.0 Å². The quantitative estimate of drug-likeness (QED) is 0.537. The molecule has 0 radical (unpaired) electrons. The van der Waals surface area contributed by atoms with Crippen LogP contribution in [0.25, 0.3) is 0 Å². The van der Waals surface area contributed by atoms with Crippen LogP contribution < -0.4 is 4.74 Å². The Morgan fingerprint density at radius 2 is 1.91 bits per heavy atom. The van der Waals surface area contributed by atoms with Gasteiger partial charge in [0.2, 0.25) is 0 Å². The van der Waals surface area contributed by atoms with Crippen molar-refractivity contribution in [1.82, 2.24) is 0 Å². The van der Waals surface area contributed by atoms with Gasteiger partial charge in [-0.05, 0) is 49.0 Å². The topological polar surface area (TPSA) is 52.6 Å². The van der Waals surface area contributed by atoms with E-state index in [9.17, 15) is 9.59 Å². The minimum absolute atomic E-state index is 0.178. The van der Waals surface area contributed by atoms with Crippen molar-refractivity contribution in [2.75, 3.05) is 14.2 Å². The van der Waals surface area contributed by atoms with Gasteiger partial charge in [0.25, 0.3) is 0 Å². The second kappa shape index (κ2) is 9.13. The summed E-state index contributed by atoms with van der Waals surface area (Å²) in [7, 11) is 2.85. The van der Waals surface area contributed by atoms with Gasteiger partial charge in [-0.15, -0.1) is 0 Å². The highest BCUT2D eigenvalue weighted by Crippen LogP contribution is 2.22. The molecule has 0 unspecified atom stereocenters. The third-order valence-corrected chi connectivity index (χ3v) is 3.65. The van der Waals surface area contributed by atoms with Crippen LogP contribution in [0.2, 0.25) is 0 Å². The molecule has 0 saturated carbocycles. The number of ether oxygens (including phenoxy) is 2. The lowest BCUT2D eigenvalue weighted by Gasteiger charge is -2.11. The first kappa shape index (κ1) is 18.9. The molecule has 0 spiro atoms. The summed E-state index contributed by atoms with van der Waals surface area (Å²) in [5.74, 6) is 0.676. The first-order valence-electron chi connectivity index (χ1n) is 7.86. The van der Waals surface area contributed by atoms with Crippen LogP contribution in [0.15, 0.2) is 29.8 Å². The fraction of sp³-hybridized carbons (Fsp3) is 0.474. The van der Waals surface area contributed by atoms with Crippen LogP contribution in [0.1, 0.15) is 49.5 Å². The molecule has 0 aliphatic heterocycles. The largest absolute Gasteiger partial charge is 0.496 e. The molecule has 0 aromatic heterocycles. The summed E-state index contributed by atoms with van der Waals surface area (Å²) in [5.41, 5.74) is 2.24. The van der Waals surface area contributed by atoms with Crippen LogP contribution in [-0.2, 0) is 16.0 Å². The van der Waals surface area contributed by atoms with E-state index in [2.05, 4.69) is 13.8 Å². The van der Waals surface area contributed by atoms with Crippen LogP contribution in [0, 0.1) is 5.92 Å². The second-order valence-electron chi connectivity index (χ2n) is 5.86. The van der Waals surface area contributed by atoms with Crippen molar-refractivity contribution in [3.05, 3.63) is 41.0 Å². The van der Waals surface area contributed by atoms with Crippen LogP contribution in [0.5, 0.6) is 5.75 Å². The number of carbonyl (C=O) groups excluding carboxylic acids is 2. The predicted molar refractivity (Wildman–Crippen MR) is 90.9 cm³/mol. The molecule has 23 heavy (non-hydrogen) atoms. The van der Waals surface area contributed by atoms with Crippen molar-refractivity contribution in [1.29, 1.82) is 0 Å². The molecule has 0 amide bonds. The van der Waals surface area contributed by atoms with E-state index in [0.29, 0.717) is 30.1 Å². The van der Waals surface area contributed by atoms with E-state index < -0.39 is 5.97 Å². The van der Waals surface area contributed by atoms with Crippen LogP contribution in [0.4, 0.5) is 0 Å². The number of allylic oxidation sites excluding steroid dienone is 2. The van der Waals surface area contributed by atoms with Gasteiger partial charge in [0.1, 0.15) is 11.3 Å². The van der Waals surface area contributed by atoms with Crippen molar-refractivity contribution in [2.45, 2.75) is 40.0 Å². The van der Waals surface area contributed by atoms with Crippen molar-refractivity contribution in [3.8, 4) is 5.75 Å². The van der Waals surface area contributed by atoms with Gasteiger partial charge >= 0.3 is 5.97 Å². The molecule has 1 aromatic rings. The predicted octanol–water partition coefficient (Wildman–Crippen LogP) is 3.98. The van der Waals surface area contributed by atoms with Crippen molar-refractivity contribution >= 4 is 11.8 Å². The molecule has 0 saturated heterocycles. The van der Waals surface area contributed by atoms with Gasteiger partial charge in [0, 0.05) is 6.42 Å². The Morgan fingerprint density at radius 3 is 2.43 bits per heavy atom. The Morgan fingerprint density at radius 1 is 1.22 bits per heavy atom. The fourth-order valence-electron chi connectivity index (χ4n) is 2.42. The number of methoxy groups -OCH3 is 2. The van der Waals surface area contributed by atoms with Gasteiger partial charge in [-0.25, -0.2) is 4.79 Å².